The fourth-order valence-corrected chi connectivity index (χ4v) is 4.30. The lowest BCUT2D eigenvalue weighted by Crippen LogP contribution is -2.50. The number of urea groups is 1. The molecule has 0 radical (unpaired) electrons. The quantitative estimate of drug-likeness (QED) is 0.821. The van der Waals surface area contributed by atoms with Gasteiger partial charge in [-0.3, -0.25) is 4.79 Å². The highest BCUT2D eigenvalue weighted by molar-refractivity contribution is 6.36. The lowest BCUT2D eigenvalue weighted by atomic mass is 9.83. The minimum absolute atomic E-state index is 0.0399. The van der Waals surface area contributed by atoms with Crippen LogP contribution in [0.3, 0.4) is 0 Å². The first-order chi connectivity index (χ1) is 12.0. The summed E-state index contributed by atoms with van der Waals surface area (Å²) < 4.78 is 1.85. The second-order valence-corrected chi connectivity index (χ2v) is 7.50. The van der Waals surface area contributed by atoms with Crippen LogP contribution in [0.25, 0.3) is 0 Å². The molecule has 1 N–H and O–H groups in total. The molecule has 3 heterocycles. The summed E-state index contributed by atoms with van der Waals surface area (Å²) in [6, 6.07) is 10.2. The Labute approximate surface area is 155 Å². The topological polar surface area (TPSA) is 54.3 Å². The van der Waals surface area contributed by atoms with E-state index in [1.54, 1.807) is 30.3 Å². The van der Waals surface area contributed by atoms with E-state index in [0.717, 1.165) is 12.1 Å². The molecule has 4 rings (SSSR count). The molecule has 5 nitrogen and oxygen atoms in total. The summed E-state index contributed by atoms with van der Waals surface area (Å²) in [6.45, 7) is 1.89. The van der Waals surface area contributed by atoms with Crippen molar-refractivity contribution in [3.05, 3.63) is 62.5 Å². The molecule has 2 aliphatic heterocycles. The molecule has 7 heteroatoms. The van der Waals surface area contributed by atoms with Gasteiger partial charge in [-0.2, -0.15) is 0 Å². The summed E-state index contributed by atoms with van der Waals surface area (Å²) >= 11 is 12.0. The van der Waals surface area contributed by atoms with Gasteiger partial charge in [-0.25, -0.2) is 4.79 Å². The second-order valence-electron chi connectivity index (χ2n) is 6.66. The third kappa shape index (κ3) is 3.14. The van der Waals surface area contributed by atoms with Gasteiger partial charge >= 0.3 is 6.03 Å². The molecule has 0 aliphatic carbocycles. The number of nitrogens with one attached hydrogen (secondary N) is 1. The summed E-state index contributed by atoms with van der Waals surface area (Å²) in [5.41, 5.74) is 1.60. The van der Waals surface area contributed by atoms with Crippen molar-refractivity contribution in [2.45, 2.75) is 18.9 Å². The molecule has 0 saturated carbocycles. The summed E-state index contributed by atoms with van der Waals surface area (Å²) in [5.74, 6) is 0.477. The number of piperidine rings is 1. The Bertz CT molecular complexity index is 896. The van der Waals surface area contributed by atoms with Crippen molar-refractivity contribution in [2.75, 3.05) is 18.4 Å². The number of nitrogens with zero attached hydrogens (tertiary/aromatic N) is 2. The molecular weight excluding hydrogens is 361 g/mol. The van der Waals surface area contributed by atoms with Crippen molar-refractivity contribution < 1.29 is 4.79 Å². The maximum atomic E-state index is 12.7. The van der Waals surface area contributed by atoms with Crippen LogP contribution in [-0.4, -0.2) is 28.6 Å². The Morgan fingerprint density at radius 1 is 1.12 bits per heavy atom. The fraction of sp³-hybridized carbons (Fsp3) is 0.333. The van der Waals surface area contributed by atoms with E-state index in [9.17, 15) is 9.59 Å². The largest absolute Gasteiger partial charge is 0.324 e. The lowest BCUT2D eigenvalue weighted by molar-refractivity contribution is 0.139. The van der Waals surface area contributed by atoms with Crippen LogP contribution >= 0.6 is 23.2 Å². The first kappa shape index (κ1) is 16.5. The van der Waals surface area contributed by atoms with Crippen LogP contribution in [0.15, 0.2) is 41.2 Å². The minimum Gasteiger partial charge on any atom is -0.324 e. The highest BCUT2D eigenvalue weighted by atomic mass is 35.5. The van der Waals surface area contributed by atoms with E-state index in [-0.39, 0.29) is 23.4 Å². The third-order valence-electron chi connectivity index (χ3n) is 4.94. The molecule has 2 atom stereocenters. The highest BCUT2D eigenvalue weighted by Crippen LogP contribution is 2.35. The molecule has 130 valence electrons. The number of hydrogen-bond donors (Lipinski definition) is 1. The van der Waals surface area contributed by atoms with Crippen molar-refractivity contribution in [3.63, 3.8) is 0 Å². The number of hydrogen-bond acceptors (Lipinski definition) is 2. The zero-order chi connectivity index (χ0) is 17.6. The highest BCUT2D eigenvalue weighted by Gasteiger charge is 2.36. The first-order valence-electron chi connectivity index (χ1n) is 8.22. The predicted molar refractivity (Wildman–Crippen MR) is 98.6 cm³/mol. The number of carbonyl (C=O) groups is 1. The van der Waals surface area contributed by atoms with Crippen molar-refractivity contribution in [3.8, 4) is 0 Å². The van der Waals surface area contributed by atoms with E-state index in [2.05, 4.69) is 5.32 Å². The normalized spacial score (nSPS) is 21.6. The van der Waals surface area contributed by atoms with Gasteiger partial charge in [-0.15, -0.1) is 0 Å². The van der Waals surface area contributed by atoms with E-state index in [1.807, 2.05) is 15.5 Å². The number of anilines is 1. The van der Waals surface area contributed by atoms with Gasteiger partial charge < -0.3 is 14.8 Å². The molecule has 2 bridgehead atoms. The number of likely N-dealkylation sites (tertiary alicyclic amines) is 1. The molecule has 1 aromatic carbocycles. The van der Waals surface area contributed by atoms with Crippen LogP contribution < -0.4 is 10.9 Å². The van der Waals surface area contributed by atoms with Crippen LogP contribution in [0.5, 0.6) is 0 Å². The number of halogens is 2. The number of amides is 2. The Balaban J connectivity index is 1.54. The van der Waals surface area contributed by atoms with Crippen molar-refractivity contribution in [2.24, 2.45) is 5.92 Å². The van der Waals surface area contributed by atoms with Crippen molar-refractivity contribution in [1.82, 2.24) is 9.47 Å². The molecule has 1 aromatic heterocycles. The smallest absolute Gasteiger partial charge is 0.321 e. The number of fused-ring (bicyclic) bond motifs is 4. The van der Waals surface area contributed by atoms with Crippen molar-refractivity contribution >= 4 is 34.9 Å². The summed E-state index contributed by atoms with van der Waals surface area (Å²) in [6.07, 6.45) is 1.01. The minimum atomic E-state index is -0.175. The van der Waals surface area contributed by atoms with Crippen LogP contribution in [0.4, 0.5) is 10.5 Å². The molecule has 1 saturated heterocycles. The van der Waals surface area contributed by atoms with Crippen LogP contribution in [0.1, 0.15) is 18.0 Å². The predicted octanol–water partition coefficient (Wildman–Crippen LogP) is 3.81. The molecule has 0 spiro atoms. The standard InChI is InChI=1S/C18H17Cl2N3O2/c19-13-4-5-15(14(20)7-13)21-18(25)22-8-11-6-12(10-22)16-2-1-3-17(24)23(16)9-11/h1-5,7,11-12H,6,8-10H2,(H,21,25). The van der Waals surface area contributed by atoms with Crippen LogP contribution in [0, 0.1) is 5.92 Å². The second kappa shape index (κ2) is 6.39. The summed E-state index contributed by atoms with van der Waals surface area (Å²) in [5, 5.41) is 3.80. The number of benzene rings is 1. The SMILES string of the molecule is O=C(Nc1ccc(Cl)cc1Cl)N1CC2CC(C1)c1cccc(=O)n1C2. The Hall–Kier alpha value is -1.98. The Morgan fingerprint density at radius 3 is 2.76 bits per heavy atom. The van der Waals surface area contributed by atoms with Gasteiger partial charge in [0, 0.05) is 42.3 Å². The zero-order valence-electron chi connectivity index (χ0n) is 13.4. The average molecular weight is 378 g/mol. The number of aromatic nitrogens is 1. The van der Waals surface area contributed by atoms with E-state index in [0.29, 0.717) is 35.4 Å². The van der Waals surface area contributed by atoms with E-state index >= 15 is 0 Å². The van der Waals surface area contributed by atoms with Gasteiger partial charge in [0.2, 0.25) is 0 Å². The van der Waals surface area contributed by atoms with E-state index in [4.69, 9.17) is 23.2 Å². The monoisotopic (exact) mass is 377 g/mol. The van der Waals surface area contributed by atoms with E-state index in [1.165, 1.54) is 0 Å². The summed E-state index contributed by atoms with van der Waals surface area (Å²) in [7, 11) is 0. The molecule has 2 amide bonds. The number of pyridine rings is 1. The molecule has 2 aliphatic rings. The van der Waals surface area contributed by atoms with Crippen LogP contribution in [-0.2, 0) is 6.54 Å². The van der Waals surface area contributed by atoms with Gasteiger partial charge in [0.25, 0.3) is 5.56 Å². The van der Waals surface area contributed by atoms with Crippen molar-refractivity contribution in [1.29, 1.82) is 0 Å². The molecule has 1 fully saturated rings. The van der Waals surface area contributed by atoms with Gasteiger partial charge in [-0.1, -0.05) is 29.3 Å². The lowest BCUT2D eigenvalue weighted by Gasteiger charge is -2.42. The summed E-state index contributed by atoms with van der Waals surface area (Å²) in [4.78, 5) is 26.5. The van der Waals surface area contributed by atoms with Gasteiger partial charge in [0.15, 0.2) is 0 Å². The molecule has 2 aromatic rings. The maximum Gasteiger partial charge on any atom is 0.321 e. The fourth-order valence-electron chi connectivity index (χ4n) is 3.85. The van der Waals surface area contributed by atoms with Crippen LogP contribution in [0.2, 0.25) is 10.0 Å². The van der Waals surface area contributed by atoms with E-state index < -0.39 is 0 Å². The van der Waals surface area contributed by atoms with Gasteiger partial charge in [-0.05, 0) is 36.6 Å². The Kier molecular flexibility index (Phi) is 4.21. The van der Waals surface area contributed by atoms with Gasteiger partial charge in [0.05, 0.1) is 10.7 Å². The average Bonchev–Trinajstić information content (AvgIpc) is 2.58. The Morgan fingerprint density at radius 2 is 1.96 bits per heavy atom. The molecular formula is C18H17Cl2N3O2. The number of rotatable bonds is 1. The third-order valence-corrected chi connectivity index (χ3v) is 5.49. The maximum absolute atomic E-state index is 12.7. The molecule has 2 unspecified atom stereocenters. The zero-order valence-corrected chi connectivity index (χ0v) is 14.9. The van der Waals surface area contributed by atoms with Gasteiger partial charge in [0.1, 0.15) is 0 Å². The first-order valence-corrected chi connectivity index (χ1v) is 8.97. The molecule has 25 heavy (non-hydrogen) atoms. The number of carbonyl (C=O) groups excluding carboxylic acids is 1.